The number of benzene rings is 1. The minimum atomic E-state index is -0.562. The van der Waals surface area contributed by atoms with Crippen molar-refractivity contribution in [2.24, 2.45) is 0 Å². The van der Waals surface area contributed by atoms with Crippen LogP contribution in [-0.4, -0.2) is 33.7 Å². The molecule has 2 aromatic rings. The topological polar surface area (TPSA) is 113 Å². The van der Waals surface area contributed by atoms with Crippen LogP contribution in [0, 0.1) is 10.1 Å². The first-order valence-electron chi connectivity index (χ1n) is 6.26. The number of hydrogen-bond acceptors (Lipinski definition) is 7. The van der Waals surface area contributed by atoms with Crippen molar-refractivity contribution < 1.29 is 10.0 Å². The van der Waals surface area contributed by atoms with Gasteiger partial charge in [0.25, 0.3) is 0 Å². The third kappa shape index (κ3) is 3.23. The molecule has 0 aliphatic rings. The zero-order valence-electron chi connectivity index (χ0n) is 11.4. The van der Waals surface area contributed by atoms with Gasteiger partial charge in [-0.3, -0.25) is 10.1 Å². The molecule has 1 aromatic heterocycles. The molecule has 8 nitrogen and oxygen atoms in total. The largest absolute Gasteiger partial charge is 0.394 e. The van der Waals surface area contributed by atoms with Gasteiger partial charge in [0, 0.05) is 7.05 Å². The predicted molar refractivity (Wildman–Crippen MR) is 78.1 cm³/mol. The molecule has 1 unspecified atom stereocenters. The quantitative estimate of drug-likeness (QED) is 0.546. The third-order valence-electron chi connectivity index (χ3n) is 2.94. The van der Waals surface area contributed by atoms with E-state index in [4.69, 9.17) is 0 Å². The Morgan fingerprint density at radius 2 is 1.95 bits per heavy atom. The molecule has 0 bridgehead atoms. The van der Waals surface area contributed by atoms with E-state index >= 15 is 0 Å². The maximum Gasteiger partial charge on any atom is 0.353 e. The first-order valence-corrected chi connectivity index (χ1v) is 6.26. The Balaban J connectivity index is 2.36. The number of aliphatic hydroxyl groups is 1. The summed E-state index contributed by atoms with van der Waals surface area (Å²) < 4.78 is 0. The second-order valence-corrected chi connectivity index (χ2v) is 4.22. The number of nitro groups is 1. The summed E-state index contributed by atoms with van der Waals surface area (Å²) in [5.74, 6) is 0.171. The average molecular weight is 289 g/mol. The van der Waals surface area contributed by atoms with Crippen LogP contribution < -0.4 is 10.6 Å². The molecule has 0 fully saturated rings. The average Bonchev–Trinajstić information content (AvgIpc) is 2.52. The molecule has 2 rings (SSSR count). The standard InChI is InChI=1S/C13H15N5O3/c1-14-12-11(18(20)21)13(16-8-15-12)17-10(7-19)9-5-3-2-4-6-9/h2-6,8,10,19H,7H2,1H3,(H2,14,15,16,17). The molecule has 8 heteroatoms. The highest BCUT2D eigenvalue weighted by atomic mass is 16.6. The molecule has 0 aliphatic carbocycles. The van der Waals surface area contributed by atoms with Gasteiger partial charge in [-0.05, 0) is 5.56 Å². The summed E-state index contributed by atoms with van der Waals surface area (Å²) in [6.07, 6.45) is 1.22. The molecule has 1 heterocycles. The summed E-state index contributed by atoms with van der Waals surface area (Å²) >= 11 is 0. The number of anilines is 2. The van der Waals surface area contributed by atoms with E-state index in [9.17, 15) is 15.2 Å². The van der Waals surface area contributed by atoms with E-state index in [0.717, 1.165) is 5.56 Å². The predicted octanol–water partition coefficient (Wildman–Crippen LogP) is 1.57. The lowest BCUT2D eigenvalue weighted by molar-refractivity contribution is -0.383. The number of rotatable bonds is 6. The molecule has 0 radical (unpaired) electrons. The minimum absolute atomic E-state index is 0.0576. The van der Waals surface area contributed by atoms with Gasteiger partial charge in [0.2, 0.25) is 11.6 Å². The van der Waals surface area contributed by atoms with Crippen LogP contribution in [0.3, 0.4) is 0 Å². The van der Waals surface area contributed by atoms with Crippen LogP contribution in [0.2, 0.25) is 0 Å². The molecule has 0 aliphatic heterocycles. The van der Waals surface area contributed by atoms with Gasteiger partial charge in [-0.2, -0.15) is 0 Å². The van der Waals surface area contributed by atoms with Crippen LogP contribution in [0.25, 0.3) is 0 Å². The molecule has 110 valence electrons. The summed E-state index contributed by atoms with van der Waals surface area (Å²) in [6.45, 7) is -0.222. The summed E-state index contributed by atoms with van der Waals surface area (Å²) in [7, 11) is 1.54. The van der Waals surface area contributed by atoms with Crippen LogP contribution in [0.4, 0.5) is 17.3 Å². The summed E-state index contributed by atoms with van der Waals surface area (Å²) in [4.78, 5) is 18.4. The Morgan fingerprint density at radius 1 is 1.29 bits per heavy atom. The van der Waals surface area contributed by atoms with Crippen molar-refractivity contribution in [2.75, 3.05) is 24.3 Å². The van der Waals surface area contributed by atoms with Crippen molar-refractivity contribution in [2.45, 2.75) is 6.04 Å². The van der Waals surface area contributed by atoms with Crippen molar-refractivity contribution in [3.05, 3.63) is 52.3 Å². The smallest absolute Gasteiger partial charge is 0.353 e. The molecule has 0 saturated carbocycles. The van der Waals surface area contributed by atoms with Gasteiger partial charge in [0.15, 0.2) is 0 Å². The number of aliphatic hydroxyl groups excluding tert-OH is 1. The van der Waals surface area contributed by atoms with Crippen LogP contribution in [0.5, 0.6) is 0 Å². The number of aromatic nitrogens is 2. The fourth-order valence-corrected chi connectivity index (χ4v) is 1.93. The second kappa shape index (κ2) is 6.62. The van der Waals surface area contributed by atoms with Crippen molar-refractivity contribution in [1.82, 2.24) is 9.97 Å². The van der Waals surface area contributed by atoms with Crippen molar-refractivity contribution >= 4 is 17.3 Å². The molecule has 0 spiro atoms. The highest BCUT2D eigenvalue weighted by molar-refractivity contribution is 5.69. The molecule has 3 N–H and O–H groups in total. The Morgan fingerprint density at radius 3 is 2.52 bits per heavy atom. The van der Waals surface area contributed by atoms with Crippen molar-refractivity contribution in [3.63, 3.8) is 0 Å². The van der Waals surface area contributed by atoms with Crippen LogP contribution in [-0.2, 0) is 0 Å². The molecule has 0 amide bonds. The Bertz CT molecular complexity index is 620. The molecule has 1 atom stereocenters. The summed E-state index contributed by atoms with van der Waals surface area (Å²) in [5.41, 5.74) is 0.549. The van der Waals surface area contributed by atoms with E-state index < -0.39 is 11.0 Å². The zero-order chi connectivity index (χ0) is 15.2. The van der Waals surface area contributed by atoms with Gasteiger partial charge in [-0.1, -0.05) is 30.3 Å². The second-order valence-electron chi connectivity index (χ2n) is 4.22. The van der Waals surface area contributed by atoms with Gasteiger partial charge in [-0.25, -0.2) is 9.97 Å². The monoisotopic (exact) mass is 289 g/mol. The van der Waals surface area contributed by atoms with Gasteiger partial charge in [0.05, 0.1) is 17.6 Å². The molecular weight excluding hydrogens is 274 g/mol. The van der Waals surface area contributed by atoms with Gasteiger partial charge in [0.1, 0.15) is 6.33 Å². The minimum Gasteiger partial charge on any atom is -0.394 e. The lowest BCUT2D eigenvalue weighted by Gasteiger charge is -2.17. The Labute approximate surface area is 121 Å². The van der Waals surface area contributed by atoms with E-state index in [0.29, 0.717) is 0 Å². The van der Waals surface area contributed by atoms with Crippen LogP contribution in [0.15, 0.2) is 36.7 Å². The normalized spacial score (nSPS) is 11.7. The highest BCUT2D eigenvalue weighted by Gasteiger charge is 2.24. The number of hydrogen-bond donors (Lipinski definition) is 3. The zero-order valence-corrected chi connectivity index (χ0v) is 11.4. The summed E-state index contributed by atoms with van der Waals surface area (Å²) in [5, 5.41) is 26.2. The highest BCUT2D eigenvalue weighted by Crippen LogP contribution is 2.30. The molecule has 0 saturated heterocycles. The fourth-order valence-electron chi connectivity index (χ4n) is 1.93. The molecular formula is C13H15N5O3. The Hall–Kier alpha value is -2.74. The van der Waals surface area contributed by atoms with Gasteiger partial charge in [-0.15, -0.1) is 0 Å². The van der Waals surface area contributed by atoms with E-state index in [1.165, 1.54) is 6.33 Å². The van der Waals surface area contributed by atoms with E-state index in [2.05, 4.69) is 20.6 Å². The lowest BCUT2D eigenvalue weighted by Crippen LogP contribution is -2.17. The van der Waals surface area contributed by atoms with E-state index in [1.807, 2.05) is 30.3 Å². The fraction of sp³-hybridized carbons (Fsp3) is 0.231. The van der Waals surface area contributed by atoms with Gasteiger partial charge >= 0.3 is 5.69 Å². The van der Waals surface area contributed by atoms with E-state index in [-0.39, 0.29) is 23.9 Å². The number of nitrogens with zero attached hydrogens (tertiary/aromatic N) is 3. The van der Waals surface area contributed by atoms with Crippen LogP contribution in [0.1, 0.15) is 11.6 Å². The molecule has 1 aromatic carbocycles. The summed E-state index contributed by atoms with van der Waals surface area (Å²) in [6, 6.07) is 8.65. The van der Waals surface area contributed by atoms with Crippen LogP contribution >= 0.6 is 0 Å². The molecule has 21 heavy (non-hydrogen) atoms. The van der Waals surface area contributed by atoms with E-state index in [1.54, 1.807) is 7.05 Å². The third-order valence-corrected chi connectivity index (χ3v) is 2.94. The maximum atomic E-state index is 11.2. The maximum absolute atomic E-state index is 11.2. The Kier molecular flexibility index (Phi) is 4.62. The SMILES string of the molecule is CNc1ncnc(NC(CO)c2ccccc2)c1[N+](=O)[O-]. The van der Waals surface area contributed by atoms with Gasteiger partial charge < -0.3 is 15.7 Å². The first-order chi connectivity index (χ1) is 10.2. The lowest BCUT2D eigenvalue weighted by atomic mass is 10.1. The number of nitrogens with one attached hydrogen (secondary N) is 2. The first kappa shape index (κ1) is 14.7. The van der Waals surface area contributed by atoms with Crippen molar-refractivity contribution in [1.29, 1.82) is 0 Å². The van der Waals surface area contributed by atoms with Crippen molar-refractivity contribution in [3.8, 4) is 0 Å².